The highest BCUT2D eigenvalue weighted by Gasteiger charge is 2.37. The summed E-state index contributed by atoms with van der Waals surface area (Å²) >= 11 is 0. The van der Waals surface area contributed by atoms with E-state index in [1.165, 1.54) is 38.8 Å². The Morgan fingerprint density at radius 2 is 1.70 bits per heavy atom. The minimum absolute atomic E-state index is 0.107. The molecule has 6 rings (SSSR count). The number of hydrogen-bond donors (Lipinski definition) is 6. The lowest BCUT2D eigenvalue weighted by Gasteiger charge is -2.44. The van der Waals surface area contributed by atoms with Crippen molar-refractivity contribution in [2.75, 3.05) is 65.6 Å². The summed E-state index contributed by atoms with van der Waals surface area (Å²) in [6, 6.07) is 1.92. The predicted octanol–water partition coefficient (Wildman–Crippen LogP) is 0.216. The summed E-state index contributed by atoms with van der Waals surface area (Å²) in [6.45, 7) is 12.7. The van der Waals surface area contributed by atoms with Crippen LogP contribution in [0.4, 0.5) is 0 Å². The number of morpholine rings is 1. The molecular formula is C30H56N8O2. The number of nitrogens with one attached hydrogen (secondary N) is 6. The van der Waals surface area contributed by atoms with Gasteiger partial charge in [0.1, 0.15) is 6.29 Å². The Labute approximate surface area is 241 Å². The standard InChI is InChI=1S/C30H56N8O2/c1-21-4-5-24(34-29(39)22-6-8-32-28(17-22)38-12-14-40-15-13-38)18-27(21)36-30-33-9-7-26(35-30)23-16-25(20-31-19-23)37-10-2-3-11-37/h21-28,30-33,35-36H,2-20H2,1H3,(H,34,39). The van der Waals surface area contributed by atoms with Crippen molar-refractivity contribution < 1.29 is 9.53 Å². The molecule has 0 radical (unpaired) electrons. The van der Waals surface area contributed by atoms with Crippen LogP contribution in [0.3, 0.4) is 0 Å². The zero-order valence-electron chi connectivity index (χ0n) is 24.8. The van der Waals surface area contributed by atoms with Gasteiger partial charge < -0.3 is 20.7 Å². The Morgan fingerprint density at radius 1 is 0.875 bits per heavy atom. The van der Waals surface area contributed by atoms with Gasteiger partial charge in [0.25, 0.3) is 0 Å². The van der Waals surface area contributed by atoms with Crippen LogP contribution >= 0.6 is 0 Å². The quantitative estimate of drug-likeness (QED) is 0.261. The molecule has 0 aromatic carbocycles. The molecule has 0 aromatic rings. The second kappa shape index (κ2) is 14.1. The summed E-state index contributed by atoms with van der Waals surface area (Å²) in [6.07, 6.45) is 10.8. The second-order valence-electron chi connectivity index (χ2n) is 13.6. The first kappa shape index (κ1) is 29.2. The smallest absolute Gasteiger partial charge is 0.223 e. The Balaban J connectivity index is 0.973. The third kappa shape index (κ3) is 7.37. The molecule has 5 saturated heterocycles. The van der Waals surface area contributed by atoms with Crippen molar-refractivity contribution in [3.8, 4) is 0 Å². The second-order valence-corrected chi connectivity index (χ2v) is 13.6. The van der Waals surface area contributed by atoms with E-state index in [0.29, 0.717) is 36.1 Å². The van der Waals surface area contributed by atoms with Crippen molar-refractivity contribution in [3.63, 3.8) is 0 Å². The molecule has 6 fully saturated rings. The fourth-order valence-electron chi connectivity index (χ4n) is 8.38. The van der Waals surface area contributed by atoms with Crippen LogP contribution in [-0.4, -0.2) is 118 Å². The third-order valence-electron chi connectivity index (χ3n) is 10.9. The predicted molar refractivity (Wildman–Crippen MR) is 158 cm³/mol. The third-order valence-corrected chi connectivity index (χ3v) is 10.9. The molecular weight excluding hydrogens is 504 g/mol. The molecule has 0 spiro atoms. The van der Waals surface area contributed by atoms with Gasteiger partial charge in [-0.1, -0.05) is 6.92 Å². The topological polar surface area (TPSA) is 105 Å². The maximum absolute atomic E-state index is 13.4. The number of carbonyl (C=O) groups excluding carboxylic acids is 1. The number of nitrogens with zero attached hydrogens (tertiary/aromatic N) is 2. The molecule has 9 atom stereocenters. The molecule has 9 unspecified atom stereocenters. The summed E-state index contributed by atoms with van der Waals surface area (Å²) in [7, 11) is 0. The van der Waals surface area contributed by atoms with Crippen molar-refractivity contribution in [2.45, 2.75) is 101 Å². The SMILES string of the molecule is CC1CCC(NC(=O)C2CCNC(N3CCOCC3)C2)CC1NC1NCCC(C2CNCC(N3CCCC3)C2)N1. The van der Waals surface area contributed by atoms with E-state index >= 15 is 0 Å². The summed E-state index contributed by atoms with van der Waals surface area (Å²) in [5.41, 5.74) is 0. The van der Waals surface area contributed by atoms with Crippen LogP contribution < -0.4 is 31.9 Å². The van der Waals surface area contributed by atoms with Gasteiger partial charge in [-0.15, -0.1) is 0 Å². The molecule has 10 nitrogen and oxygen atoms in total. The van der Waals surface area contributed by atoms with Gasteiger partial charge in [-0.25, -0.2) is 0 Å². The Morgan fingerprint density at radius 3 is 2.55 bits per heavy atom. The van der Waals surface area contributed by atoms with Crippen molar-refractivity contribution in [1.29, 1.82) is 0 Å². The van der Waals surface area contributed by atoms with Gasteiger partial charge in [0.15, 0.2) is 0 Å². The molecule has 1 aliphatic carbocycles. The average molecular weight is 561 g/mol. The van der Waals surface area contributed by atoms with Gasteiger partial charge in [0.05, 0.1) is 19.4 Å². The largest absolute Gasteiger partial charge is 0.379 e. The van der Waals surface area contributed by atoms with Gasteiger partial charge in [0, 0.05) is 49.7 Å². The van der Waals surface area contributed by atoms with Gasteiger partial charge in [-0.05, 0) is 102 Å². The summed E-state index contributed by atoms with van der Waals surface area (Å²) < 4.78 is 5.53. The molecule has 1 saturated carbocycles. The van der Waals surface area contributed by atoms with Crippen LogP contribution in [0.5, 0.6) is 0 Å². The lowest BCUT2D eigenvalue weighted by atomic mass is 9.82. The fourth-order valence-corrected chi connectivity index (χ4v) is 8.38. The van der Waals surface area contributed by atoms with E-state index in [1.54, 1.807) is 0 Å². The zero-order chi connectivity index (χ0) is 27.3. The van der Waals surface area contributed by atoms with E-state index in [2.05, 4.69) is 48.6 Å². The first-order valence-electron chi connectivity index (χ1n) is 16.7. The molecule has 0 bridgehead atoms. The first-order valence-corrected chi connectivity index (χ1v) is 16.7. The van der Waals surface area contributed by atoms with E-state index in [1.807, 2.05) is 0 Å². The first-order chi connectivity index (χ1) is 19.6. The van der Waals surface area contributed by atoms with E-state index < -0.39 is 0 Å². The number of hydrogen-bond acceptors (Lipinski definition) is 9. The lowest BCUT2D eigenvalue weighted by molar-refractivity contribution is -0.128. The van der Waals surface area contributed by atoms with Crippen LogP contribution in [0.2, 0.25) is 0 Å². The van der Waals surface area contributed by atoms with Crippen LogP contribution in [-0.2, 0) is 9.53 Å². The molecule has 0 aromatic heterocycles. The van der Waals surface area contributed by atoms with Crippen LogP contribution in [0.15, 0.2) is 0 Å². The molecule has 6 N–H and O–H groups in total. The molecule has 10 heteroatoms. The molecule has 5 heterocycles. The number of carbonyl (C=O) groups is 1. The van der Waals surface area contributed by atoms with Crippen LogP contribution in [0.1, 0.15) is 64.7 Å². The number of piperidine rings is 2. The number of ether oxygens (including phenoxy) is 1. The van der Waals surface area contributed by atoms with E-state index in [9.17, 15) is 4.79 Å². The molecule has 228 valence electrons. The van der Waals surface area contributed by atoms with Crippen LogP contribution in [0, 0.1) is 17.8 Å². The highest BCUT2D eigenvalue weighted by molar-refractivity contribution is 5.79. The maximum atomic E-state index is 13.4. The Bertz CT molecular complexity index is 807. The van der Waals surface area contributed by atoms with Gasteiger partial charge in [-0.2, -0.15) is 0 Å². The zero-order valence-corrected chi connectivity index (χ0v) is 24.8. The van der Waals surface area contributed by atoms with E-state index in [4.69, 9.17) is 4.74 Å². The normalized spacial score (nSPS) is 42.5. The number of amides is 1. The number of rotatable bonds is 7. The monoisotopic (exact) mass is 560 g/mol. The summed E-state index contributed by atoms with van der Waals surface area (Å²) in [5, 5.41) is 22.5. The van der Waals surface area contributed by atoms with Crippen molar-refractivity contribution in [2.24, 2.45) is 17.8 Å². The summed E-state index contributed by atoms with van der Waals surface area (Å²) in [4.78, 5) is 18.6. The maximum Gasteiger partial charge on any atom is 0.223 e. The molecule has 40 heavy (non-hydrogen) atoms. The van der Waals surface area contributed by atoms with Gasteiger partial charge in [-0.3, -0.25) is 30.5 Å². The molecule has 5 aliphatic heterocycles. The van der Waals surface area contributed by atoms with Crippen LogP contribution in [0.25, 0.3) is 0 Å². The number of likely N-dealkylation sites (tertiary alicyclic amines) is 1. The lowest BCUT2D eigenvalue weighted by Crippen LogP contribution is -2.67. The molecule has 1 amide bonds. The van der Waals surface area contributed by atoms with Gasteiger partial charge in [0.2, 0.25) is 5.91 Å². The highest BCUT2D eigenvalue weighted by atomic mass is 16.5. The van der Waals surface area contributed by atoms with Crippen molar-refractivity contribution in [3.05, 3.63) is 0 Å². The minimum atomic E-state index is 0.107. The average Bonchev–Trinajstić information content (AvgIpc) is 3.55. The Hall–Kier alpha value is -0.850. The fraction of sp³-hybridized carbons (Fsp3) is 0.967. The van der Waals surface area contributed by atoms with Crippen molar-refractivity contribution in [1.82, 2.24) is 41.7 Å². The summed E-state index contributed by atoms with van der Waals surface area (Å²) in [5.74, 6) is 1.67. The Kier molecular flexibility index (Phi) is 10.3. The van der Waals surface area contributed by atoms with E-state index in [-0.39, 0.29) is 24.2 Å². The van der Waals surface area contributed by atoms with Gasteiger partial charge >= 0.3 is 0 Å². The van der Waals surface area contributed by atoms with Crippen molar-refractivity contribution >= 4 is 5.91 Å². The minimum Gasteiger partial charge on any atom is -0.379 e. The highest BCUT2D eigenvalue weighted by Crippen LogP contribution is 2.28. The van der Waals surface area contributed by atoms with E-state index in [0.717, 1.165) is 84.6 Å². The molecule has 6 aliphatic rings.